The van der Waals surface area contributed by atoms with Gasteiger partial charge in [-0.25, -0.2) is 4.79 Å². The summed E-state index contributed by atoms with van der Waals surface area (Å²) < 4.78 is 4.88. The van der Waals surface area contributed by atoms with Crippen LogP contribution in [0.1, 0.15) is 20.3 Å². The number of hydrogen-bond acceptors (Lipinski definition) is 2. The minimum atomic E-state index is -0.200. The van der Waals surface area contributed by atoms with E-state index in [9.17, 15) is 4.79 Å². The van der Waals surface area contributed by atoms with Gasteiger partial charge >= 0.3 is 5.97 Å². The highest BCUT2D eigenvalue weighted by atomic mass is 16.5. The lowest BCUT2D eigenvalue weighted by Gasteiger charge is -2.15. The average Bonchev–Trinajstić information content (AvgIpc) is 2.13. The molecule has 0 aliphatic carbocycles. The summed E-state index contributed by atoms with van der Waals surface area (Å²) in [5.74, 6) is -0.200. The molecule has 0 aromatic heterocycles. The predicted octanol–water partition coefficient (Wildman–Crippen LogP) is 2.38. The third-order valence-electron chi connectivity index (χ3n) is 2.12. The van der Waals surface area contributed by atoms with Gasteiger partial charge in [0, 0.05) is 12.0 Å². The zero-order chi connectivity index (χ0) is 9.84. The molecule has 13 heavy (non-hydrogen) atoms. The van der Waals surface area contributed by atoms with Crippen molar-refractivity contribution in [2.45, 2.75) is 20.3 Å². The molecular formula is C11H14O2. The third-order valence-corrected chi connectivity index (χ3v) is 2.12. The number of cyclic esters (lactones) is 1. The lowest BCUT2D eigenvalue weighted by atomic mass is 10.0. The first-order chi connectivity index (χ1) is 6.15. The summed E-state index contributed by atoms with van der Waals surface area (Å²) in [6.07, 6.45) is 4.58. The fourth-order valence-electron chi connectivity index (χ4n) is 1.19. The average molecular weight is 178 g/mol. The van der Waals surface area contributed by atoms with Crippen molar-refractivity contribution in [3.8, 4) is 0 Å². The van der Waals surface area contributed by atoms with Crippen LogP contribution in [0.3, 0.4) is 0 Å². The van der Waals surface area contributed by atoms with Crippen LogP contribution in [0.5, 0.6) is 0 Å². The molecule has 0 bridgehead atoms. The molecule has 1 aliphatic heterocycles. The quantitative estimate of drug-likeness (QED) is 0.479. The van der Waals surface area contributed by atoms with E-state index in [4.69, 9.17) is 4.74 Å². The van der Waals surface area contributed by atoms with E-state index < -0.39 is 0 Å². The predicted molar refractivity (Wildman–Crippen MR) is 52.2 cm³/mol. The van der Waals surface area contributed by atoms with Crippen molar-refractivity contribution in [2.24, 2.45) is 0 Å². The number of ether oxygens (including phenoxy) is 1. The molecule has 1 rings (SSSR count). The first kappa shape index (κ1) is 9.78. The molecule has 0 atom stereocenters. The molecule has 0 fully saturated rings. The van der Waals surface area contributed by atoms with E-state index in [-0.39, 0.29) is 5.97 Å². The van der Waals surface area contributed by atoms with Crippen molar-refractivity contribution in [3.63, 3.8) is 0 Å². The molecule has 0 aromatic rings. The molecule has 0 saturated heterocycles. The topological polar surface area (TPSA) is 26.3 Å². The molecule has 0 aromatic carbocycles. The van der Waals surface area contributed by atoms with Crippen molar-refractivity contribution >= 4 is 5.97 Å². The molecule has 1 heterocycles. The van der Waals surface area contributed by atoms with Crippen LogP contribution in [0.25, 0.3) is 0 Å². The molecular weight excluding hydrogens is 164 g/mol. The number of hydrogen-bond donors (Lipinski definition) is 0. The third kappa shape index (κ3) is 2.31. The van der Waals surface area contributed by atoms with Crippen molar-refractivity contribution in [1.29, 1.82) is 0 Å². The SMILES string of the molecule is C=C/C(C)=C\C1=C(C)C(=O)OCC1. The van der Waals surface area contributed by atoms with Gasteiger partial charge in [0.25, 0.3) is 0 Å². The monoisotopic (exact) mass is 178 g/mol. The summed E-state index contributed by atoms with van der Waals surface area (Å²) in [4.78, 5) is 11.1. The van der Waals surface area contributed by atoms with E-state index in [0.717, 1.165) is 17.6 Å². The minimum Gasteiger partial charge on any atom is -0.462 e. The molecule has 0 N–H and O–H groups in total. The van der Waals surface area contributed by atoms with Gasteiger partial charge in [-0.2, -0.15) is 0 Å². The largest absolute Gasteiger partial charge is 0.462 e. The van der Waals surface area contributed by atoms with Crippen LogP contribution in [0, 0.1) is 0 Å². The van der Waals surface area contributed by atoms with Gasteiger partial charge in [-0.3, -0.25) is 0 Å². The van der Waals surface area contributed by atoms with Gasteiger partial charge in [0.05, 0.1) is 6.61 Å². The van der Waals surface area contributed by atoms with E-state index in [1.54, 1.807) is 13.0 Å². The van der Waals surface area contributed by atoms with Crippen molar-refractivity contribution < 1.29 is 9.53 Å². The Hall–Kier alpha value is -1.31. The van der Waals surface area contributed by atoms with Gasteiger partial charge in [0.2, 0.25) is 0 Å². The fourth-order valence-corrected chi connectivity index (χ4v) is 1.19. The van der Waals surface area contributed by atoms with Crippen LogP contribution < -0.4 is 0 Å². The van der Waals surface area contributed by atoms with E-state index in [2.05, 4.69) is 6.58 Å². The number of allylic oxidation sites excluding steroid dienone is 3. The normalized spacial score (nSPS) is 18.6. The first-order valence-corrected chi connectivity index (χ1v) is 4.32. The number of carbonyl (C=O) groups is 1. The van der Waals surface area contributed by atoms with Crippen LogP contribution in [0.4, 0.5) is 0 Å². The summed E-state index contributed by atoms with van der Waals surface area (Å²) >= 11 is 0. The maximum Gasteiger partial charge on any atom is 0.333 e. The van der Waals surface area contributed by atoms with E-state index in [1.165, 1.54) is 0 Å². The molecule has 70 valence electrons. The van der Waals surface area contributed by atoms with Gasteiger partial charge in [0.1, 0.15) is 0 Å². The standard InChI is InChI=1S/C11H14O2/c1-4-8(2)7-10-5-6-13-11(12)9(10)3/h4,7H,1,5-6H2,2-3H3/b8-7-. The Kier molecular flexibility index (Phi) is 3.07. The van der Waals surface area contributed by atoms with Crippen LogP contribution in [0.2, 0.25) is 0 Å². The molecule has 1 aliphatic rings. The lowest BCUT2D eigenvalue weighted by Crippen LogP contribution is -2.15. The maximum atomic E-state index is 11.1. The molecule has 2 nitrogen and oxygen atoms in total. The van der Waals surface area contributed by atoms with Crippen molar-refractivity contribution in [3.05, 3.63) is 35.5 Å². The van der Waals surface area contributed by atoms with E-state index >= 15 is 0 Å². The number of esters is 1. The summed E-state index contributed by atoms with van der Waals surface area (Å²) in [7, 11) is 0. The Balaban J connectivity index is 2.95. The Morgan fingerprint density at radius 2 is 2.31 bits per heavy atom. The Morgan fingerprint density at radius 3 is 2.92 bits per heavy atom. The zero-order valence-electron chi connectivity index (χ0n) is 8.09. The summed E-state index contributed by atoms with van der Waals surface area (Å²) in [5.41, 5.74) is 2.85. The van der Waals surface area contributed by atoms with Crippen LogP contribution in [0.15, 0.2) is 35.5 Å². The molecule has 0 saturated carbocycles. The summed E-state index contributed by atoms with van der Waals surface area (Å²) in [5, 5.41) is 0. The Labute approximate surface area is 78.6 Å². The van der Waals surface area contributed by atoms with E-state index in [0.29, 0.717) is 12.2 Å². The van der Waals surface area contributed by atoms with Crippen molar-refractivity contribution in [2.75, 3.05) is 6.61 Å². The van der Waals surface area contributed by atoms with Crippen LogP contribution in [-0.4, -0.2) is 12.6 Å². The highest BCUT2D eigenvalue weighted by Crippen LogP contribution is 2.19. The maximum absolute atomic E-state index is 11.1. The molecule has 0 unspecified atom stereocenters. The second-order valence-corrected chi connectivity index (χ2v) is 3.13. The van der Waals surface area contributed by atoms with Gasteiger partial charge in [-0.15, -0.1) is 0 Å². The second-order valence-electron chi connectivity index (χ2n) is 3.13. The fraction of sp³-hybridized carbons (Fsp3) is 0.364. The Morgan fingerprint density at radius 1 is 1.62 bits per heavy atom. The highest BCUT2D eigenvalue weighted by molar-refractivity contribution is 5.90. The Bertz CT molecular complexity index is 295. The van der Waals surface area contributed by atoms with Crippen molar-refractivity contribution in [1.82, 2.24) is 0 Å². The number of carbonyl (C=O) groups excluding carboxylic acids is 1. The zero-order valence-corrected chi connectivity index (χ0v) is 8.09. The summed E-state index contributed by atoms with van der Waals surface area (Å²) in [6, 6.07) is 0. The second kappa shape index (κ2) is 4.08. The minimum absolute atomic E-state index is 0.200. The van der Waals surface area contributed by atoms with Gasteiger partial charge < -0.3 is 4.74 Å². The molecule has 0 spiro atoms. The van der Waals surface area contributed by atoms with Gasteiger partial charge in [0.15, 0.2) is 0 Å². The van der Waals surface area contributed by atoms with E-state index in [1.807, 2.05) is 13.0 Å². The smallest absolute Gasteiger partial charge is 0.333 e. The number of rotatable bonds is 2. The molecule has 2 heteroatoms. The molecule has 0 amide bonds. The van der Waals surface area contributed by atoms with Crippen LogP contribution >= 0.6 is 0 Å². The summed E-state index contributed by atoms with van der Waals surface area (Å²) in [6.45, 7) is 7.92. The van der Waals surface area contributed by atoms with Gasteiger partial charge in [-0.1, -0.05) is 24.3 Å². The highest BCUT2D eigenvalue weighted by Gasteiger charge is 2.15. The van der Waals surface area contributed by atoms with Crippen LogP contribution in [-0.2, 0) is 9.53 Å². The first-order valence-electron chi connectivity index (χ1n) is 4.32. The van der Waals surface area contributed by atoms with Gasteiger partial charge in [-0.05, 0) is 19.4 Å². The lowest BCUT2D eigenvalue weighted by molar-refractivity contribution is -0.139. The molecule has 0 radical (unpaired) electrons.